The van der Waals surface area contributed by atoms with Gasteiger partial charge in [0.05, 0.1) is 0 Å². The van der Waals surface area contributed by atoms with Crippen LogP contribution >= 0.6 is 15.9 Å². The van der Waals surface area contributed by atoms with Gasteiger partial charge < -0.3 is 10.5 Å². The number of aryl methyl sites for hydroxylation is 2. The highest BCUT2D eigenvalue weighted by Gasteiger charge is 2.07. The van der Waals surface area contributed by atoms with Gasteiger partial charge in [0, 0.05) is 4.47 Å². The lowest BCUT2D eigenvalue weighted by Crippen LogP contribution is -2.06. The highest BCUT2D eigenvalue weighted by atomic mass is 79.9. The molecular formula is C17H20BrNO. The van der Waals surface area contributed by atoms with Crippen molar-refractivity contribution in [2.45, 2.75) is 26.9 Å². The van der Waals surface area contributed by atoms with Crippen molar-refractivity contribution >= 4 is 15.9 Å². The van der Waals surface area contributed by atoms with Gasteiger partial charge >= 0.3 is 0 Å². The first kappa shape index (κ1) is 15.1. The summed E-state index contributed by atoms with van der Waals surface area (Å²) >= 11 is 3.49. The summed E-state index contributed by atoms with van der Waals surface area (Å²) in [6, 6.07) is 12.4. The maximum Gasteiger partial charge on any atom is 0.123 e. The van der Waals surface area contributed by atoms with Gasteiger partial charge in [0.15, 0.2) is 0 Å². The summed E-state index contributed by atoms with van der Waals surface area (Å²) in [5, 5.41) is 0. The highest BCUT2D eigenvalue weighted by Crippen LogP contribution is 2.25. The molecule has 2 aromatic rings. The summed E-state index contributed by atoms with van der Waals surface area (Å²) in [6.07, 6.45) is 0.821. The van der Waals surface area contributed by atoms with Gasteiger partial charge in [-0.05, 0) is 67.3 Å². The molecule has 0 aliphatic rings. The van der Waals surface area contributed by atoms with E-state index in [2.05, 4.69) is 54.0 Å². The Hall–Kier alpha value is -1.32. The standard InChI is InChI=1S/C17H20BrNO/c1-12-4-3-5-13(2)16(12)11-20-17-7-6-15(18)10-14(17)8-9-19/h3-7,10H,8-9,11,19H2,1-2H3. The zero-order valence-corrected chi connectivity index (χ0v) is 13.5. The predicted octanol–water partition coefficient (Wildman–Crippen LogP) is 4.15. The molecule has 0 aliphatic carbocycles. The van der Waals surface area contributed by atoms with Gasteiger partial charge in [0.1, 0.15) is 12.4 Å². The van der Waals surface area contributed by atoms with Crippen molar-refractivity contribution in [3.8, 4) is 5.75 Å². The number of nitrogens with two attached hydrogens (primary N) is 1. The number of rotatable bonds is 5. The average Bonchev–Trinajstić information content (AvgIpc) is 2.40. The Labute approximate surface area is 129 Å². The lowest BCUT2D eigenvalue weighted by Gasteiger charge is -2.14. The molecule has 0 spiro atoms. The molecule has 0 bridgehead atoms. The van der Waals surface area contributed by atoms with Crippen LogP contribution in [0.4, 0.5) is 0 Å². The highest BCUT2D eigenvalue weighted by molar-refractivity contribution is 9.10. The van der Waals surface area contributed by atoms with E-state index < -0.39 is 0 Å². The number of halogens is 1. The van der Waals surface area contributed by atoms with Crippen molar-refractivity contribution in [1.29, 1.82) is 0 Å². The Morgan fingerprint density at radius 1 is 1.10 bits per heavy atom. The molecule has 0 amide bonds. The summed E-state index contributed by atoms with van der Waals surface area (Å²) in [5.74, 6) is 0.918. The van der Waals surface area contributed by atoms with E-state index in [9.17, 15) is 0 Å². The van der Waals surface area contributed by atoms with Gasteiger partial charge in [-0.15, -0.1) is 0 Å². The zero-order chi connectivity index (χ0) is 14.5. The third kappa shape index (κ3) is 3.62. The average molecular weight is 334 g/mol. The molecule has 0 saturated carbocycles. The Balaban J connectivity index is 2.18. The summed E-state index contributed by atoms with van der Waals surface area (Å²) in [6.45, 7) is 5.45. The summed E-state index contributed by atoms with van der Waals surface area (Å²) in [5.41, 5.74) is 10.6. The van der Waals surface area contributed by atoms with Crippen LogP contribution in [-0.4, -0.2) is 6.54 Å². The minimum Gasteiger partial charge on any atom is -0.489 e. The largest absolute Gasteiger partial charge is 0.489 e. The molecule has 3 heteroatoms. The van der Waals surface area contributed by atoms with Crippen LogP contribution in [0.5, 0.6) is 5.75 Å². The molecule has 0 unspecified atom stereocenters. The fourth-order valence-electron chi connectivity index (χ4n) is 2.27. The zero-order valence-electron chi connectivity index (χ0n) is 11.9. The van der Waals surface area contributed by atoms with Crippen LogP contribution in [0, 0.1) is 13.8 Å². The molecule has 0 atom stereocenters. The molecule has 0 heterocycles. The Bertz CT molecular complexity index is 575. The number of benzene rings is 2. The second-order valence-corrected chi connectivity index (χ2v) is 5.87. The van der Waals surface area contributed by atoms with E-state index in [0.29, 0.717) is 13.2 Å². The minimum absolute atomic E-state index is 0.595. The van der Waals surface area contributed by atoms with Gasteiger partial charge in [0.25, 0.3) is 0 Å². The van der Waals surface area contributed by atoms with Crippen molar-refractivity contribution in [1.82, 2.24) is 0 Å². The molecule has 2 nitrogen and oxygen atoms in total. The van der Waals surface area contributed by atoms with Crippen LogP contribution in [0.2, 0.25) is 0 Å². The number of hydrogen-bond acceptors (Lipinski definition) is 2. The smallest absolute Gasteiger partial charge is 0.123 e. The van der Waals surface area contributed by atoms with Crippen molar-refractivity contribution in [3.05, 3.63) is 63.1 Å². The molecule has 0 aromatic heterocycles. The van der Waals surface area contributed by atoms with Crippen LogP contribution in [0.1, 0.15) is 22.3 Å². The first-order valence-electron chi connectivity index (χ1n) is 6.78. The van der Waals surface area contributed by atoms with E-state index in [4.69, 9.17) is 10.5 Å². The van der Waals surface area contributed by atoms with Crippen molar-refractivity contribution in [2.24, 2.45) is 5.73 Å². The molecular weight excluding hydrogens is 314 g/mol. The van der Waals surface area contributed by atoms with Crippen LogP contribution in [-0.2, 0) is 13.0 Å². The molecule has 0 fully saturated rings. The summed E-state index contributed by atoms with van der Waals surface area (Å²) < 4.78 is 7.07. The Morgan fingerprint density at radius 2 is 1.80 bits per heavy atom. The summed E-state index contributed by atoms with van der Waals surface area (Å²) in [7, 11) is 0. The lowest BCUT2D eigenvalue weighted by molar-refractivity contribution is 0.301. The van der Waals surface area contributed by atoms with Gasteiger partial charge in [-0.2, -0.15) is 0 Å². The summed E-state index contributed by atoms with van der Waals surface area (Å²) in [4.78, 5) is 0. The maximum absolute atomic E-state index is 6.02. The van der Waals surface area contributed by atoms with Crippen LogP contribution in [0.15, 0.2) is 40.9 Å². The third-order valence-corrected chi connectivity index (χ3v) is 3.95. The first-order valence-corrected chi connectivity index (χ1v) is 7.57. The van der Waals surface area contributed by atoms with Crippen LogP contribution in [0.25, 0.3) is 0 Å². The molecule has 106 valence electrons. The van der Waals surface area contributed by atoms with Gasteiger partial charge in [-0.25, -0.2) is 0 Å². The SMILES string of the molecule is Cc1cccc(C)c1COc1ccc(Br)cc1CCN. The quantitative estimate of drug-likeness (QED) is 0.892. The van der Waals surface area contributed by atoms with E-state index in [0.717, 1.165) is 22.2 Å². The normalized spacial score (nSPS) is 10.6. The monoisotopic (exact) mass is 333 g/mol. The maximum atomic E-state index is 6.02. The predicted molar refractivity (Wildman–Crippen MR) is 87.1 cm³/mol. The van der Waals surface area contributed by atoms with Crippen molar-refractivity contribution in [2.75, 3.05) is 6.54 Å². The lowest BCUT2D eigenvalue weighted by atomic mass is 10.0. The Kier molecular flexibility index (Phi) is 5.21. The van der Waals surface area contributed by atoms with E-state index in [1.165, 1.54) is 16.7 Å². The minimum atomic E-state index is 0.595. The number of hydrogen-bond donors (Lipinski definition) is 1. The van der Waals surface area contributed by atoms with E-state index in [1.54, 1.807) is 0 Å². The molecule has 0 radical (unpaired) electrons. The second-order valence-electron chi connectivity index (χ2n) is 4.95. The topological polar surface area (TPSA) is 35.2 Å². The van der Waals surface area contributed by atoms with Gasteiger partial charge in [0.2, 0.25) is 0 Å². The molecule has 2 aromatic carbocycles. The van der Waals surface area contributed by atoms with E-state index in [-0.39, 0.29) is 0 Å². The number of ether oxygens (including phenoxy) is 1. The first-order chi connectivity index (χ1) is 9.61. The van der Waals surface area contributed by atoms with Crippen molar-refractivity contribution in [3.63, 3.8) is 0 Å². The second kappa shape index (κ2) is 6.91. The van der Waals surface area contributed by atoms with Crippen LogP contribution < -0.4 is 10.5 Å². The molecule has 20 heavy (non-hydrogen) atoms. The fourth-order valence-corrected chi connectivity index (χ4v) is 2.67. The third-order valence-electron chi connectivity index (χ3n) is 3.45. The molecule has 0 aliphatic heterocycles. The van der Waals surface area contributed by atoms with E-state index in [1.807, 2.05) is 12.1 Å². The van der Waals surface area contributed by atoms with E-state index >= 15 is 0 Å². The fraction of sp³-hybridized carbons (Fsp3) is 0.294. The molecule has 0 saturated heterocycles. The van der Waals surface area contributed by atoms with Gasteiger partial charge in [-0.1, -0.05) is 34.1 Å². The van der Waals surface area contributed by atoms with Crippen molar-refractivity contribution < 1.29 is 4.74 Å². The van der Waals surface area contributed by atoms with Crippen LogP contribution in [0.3, 0.4) is 0 Å². The molecule has 2 N–H and O–H groups in total. The molecule has 2 rings (SSSR count). The van der Waals surface area contributed by atoms with Gasteiger partial charge in [-0.3, -0.25) is 0 Å². The Morgan fingerprint density at radius 3 is 2.45 bits per heavy atom.